The van der Waals surface area contributed by atoms with Crippen LogP contribution in [0.2, 0.25) is 0 Å². The first-order chi connectivity index (χ1) is 6.82. The molecule has 1 aromatic rings. The molecule has 0 atom stereocenters. The van der Waals surface area contributed by atoms with Crippen LogP contribution in [0.15, 0.2) is 24.3 Å². The summed E-state index contributed by atoms with van der Waals surface area (Å²) in [5.74, 6) is -4.99. The number of rotatable bonds is 3. The van der Waals surface area contributed by atoms with Crippen molar-refractivity contribution >= 4 is 5.78 Å². The van der Waals surface area contributed by atoms with Gasteiger partial charge >= 0.3 is 5.92 Å². The Morgan fingerprint density at radius 3 is 2.40 bits per heavy atom. The normalized spacial score (nSPS) is 11.9. The Labute approximate surface area is 83.7 Å². The van der Waals surface area contributed by atoms with E-state index in [0.717, 1.165) is 24.3 Å². The summed E-state index contributed by atoms with van der Waals surface area (Å²) in [5, 5.41) is 0. The Morgan fingerprint density at radius 1 is 1.33 bits per heavy atom. The molecule has 0 aromatic heterocycles. The van der Waals surface area contributed by atoms with E-state index >= 15 is 0 Å². The third-order valence-corrected chi connectivity index (χ3v) is 1.80. The molecule has 0 bridgehead atoms. The van der Waals surface area contributed by atoms with Crippen LogP contribution in [-0.4, -0.2) is 11.7 Å². The van der Waals surface area contributed by atoms with E-state index in [1.165, 1.54) is 0 Å². The summed E-state index contributed by atoms with van der Waals surface area (Å²) in [4.78, 5) is 11.0. The molecule has 0 heterocycles. The van der Waals surface area contributed by atoms with Crippen LogP contribution in [0.1, 0.15) is 29.3 Å². The third-order valence-electron chi connectivity index (χ3n) is 1.80. The Bertz CT molecular complexity index is 368. The Kier molecular flexibility index (Phi) is 3.12. The molecule has 1 nitrogen and oxygen atoms in total. The number of hydrogen-bond acceptors (Lipinski definition) is 1. The van der Waals surface area contributed by atoms with Crippen LogP contribution in [-0.2, 0) is 0 Å². The van der Waals surface area contributed by atoms with Gasteiger partial charge in [-0.1, -0.05) is 18.2 Å². The smallest absolute Gasteiger partial charge is 0.287 e. The number of halogens is 4. The van der Waals surface area contributed by atoms with Crippen molar-refractivity contribution in [2.45, 2.75) is 19.3 Å². The van der Waals surface area contributed by atoms with Gasteiger partial charge in [0.1, 0.15) is 0 Å². The highest BCUT2D eigenvalue weighted by atomic mass is 19.3. The fourth-order valence-corrected chi connectivity index (χ4v) is 1.07. The van der Waals surface area contributed by atoms with Gasteiger partial charge in [0.05, 0.1) is 0 Å². The van der Waals surface area contributed by atoms with Crippen LogP contribution in [0.25, 0.3) is 0 Å². The summed E-state index contributed by atoms with van der Waals surface area (Å²) in [7, 11) is 0. The van der Waals surface area contributed by atoms with Crippen LogP contribution in [0, 0.1) is 0 Å². The molecule has 5 heteroatoms. The number of Topliss-reactive ketones (excluding diaryl/α,β-unsaturated/α-hetero) is 1. The van der Waals surface area contributed by atoms with Crippen molar-refractivity contribution in [1.82, 2.24) is 0 Å². The Hall–Kier alpha value is -1.39. The number of carbonyl (C=O) groups excluding carboxylic acids is 1. The molecule has 0 spiro atoms. The SMILES string of the molecule is CC(F)(F)C(=O)c1cccc(C(F)F)c1. The number of benzene rings is 1. The topological polar surface area (TPSA) is 17.1 Å². The average Bonchev–Trinajstić information content (AvgIpc) is 2.15. The maximum atomic E-state index is 12.6. The molecular weight excluding hydrogens is 212 g/mol. The van der Waals surface area contributed by atoms with Crippen molar-refractivity contribution in [3.63, 3.8) is 0 Å². The fraction of sp³-hybridized carbons (Fsp3) is 0.300. The summed E-state index contributed by atoms with van der Waals surface area (Å²) in [5.41, 5.74) is -0.842. The van der Waals surface area contributed by atoms with E-state index in [9.17, 15) is 22.4 Å². The number of carbonyl (C=O) groups is 1. The van der Waals surface area contributed by atoms with Gasteiger partial charge in [0.25, 0.3) is 6.43 Å². The quantitative estimate of drug-likeness (QED) is 0.563. The zero-order valence-corrected chi connectivity index (χ0v) is 7.81. The van der Waals surface area contributed by atoms with Gasteiger partial charge < -0.3 is 0 Å². The first-order valence-electron chi connectivity index (χ1n) is 4.13. The van der Waals surface area contributed by atoms with Crippen LogP contribution in [0.3, 0.4) is 0 Å². The summed E-state index contributed by atoms with van der Waals surface area (Å²) in [6, 6.07) is 4.10. The van der Waals surface area contributed by atoms with Gasteiger partial charge in [-0.05, 0) is 6.07 Å². The molecule has 0 saturated carbocycles. The molecule has 82 valence electrons. The first kappa shape index (κ1) is 11.7. The molecule has 1 rings (SSSR count). The van der Waals surface area contributed by atoms with E-state index in [1.807, 2.05) is 0 Å². The van der Waals surface area contributed by atoms with Gasteiger partial charge in [0.15, 0.2) is 0 Å². The predicted octanol–water partition coefficient (Wildman–Crippen LogP) is 3.46. The minimum absolute atomic E-state index is 0.403. The Balaban J connectivity index is 3.06. The number of ketones is 1. The standard InChI is InChI=1S/C10H8F4O/c1-10(13,14)8(15)6-3-2-4-7(5-6)9(11)12/h2-5,9H,1H3. The zero-order valence-electron chi connectivity index (χ0n) is 7.81. The maximum absolute atomic E-state index is 12.6. The van der Waals surface area contributed by atoms with Gasteiger partial charge in [0.2, 0.25) is 5.78 Å². The summed E-state index contributed by atoms with van der Waals surface area (Å²) >= 11 is 0. The summed E-state index contributed by atoms with van der Waals surface area (Å²) in [6.45, 7) is 0.435. The summed E-state index contributed by atoms with van der Waals surface area (Å²) < 4.78 is 49.6. The van der Waals surface area contributed by atoms with E-state index in [0.29, 0.717) is 6.92 Å². The molecular formula is C10H8F4O. The number of alkyl halides is 4. The third kappa shape index (κ3) is 2.78. The molecule has 0 amide bonds. The van der Waals surface area contributed by atoms with Crippen molar-refractivity contribution < 1.29 is 22.4 Å². The van der Waals surface area contributed by atoms with Gasteiger partial charge in [0, 0.05) is 18.1 Å². The van der Waals surface area contributed by atoms with E-state index in [4.69, 9.17) is 0 Å². The lowest BCUT2D eigenvalue weighted by Gasteiger charge is -2.09. The lowest BCUT2D eigenvalue weighted by Crippen LogP contribution is -2.24. The van der Waals surface area contributed by atoms with Gasteiger partial charge in [-0.25, -0.2) is 8.78 Å². The van der Waals surface area contributed by atoms with E-state index in [2.05, 4.69) is 0 Å². The predicted molar refractivity (Wildman–Crippen MR) is 46.4 cm³/mol. The molecule has 15 heavy (non-hydrogen) atoms. The van der Waals surface area contributed by atoms with E-state index in [-0.39, 0.29) is 0 Å². The highest BCUT2D eigenvalue weighted by molar-refractivity contribution is 6.01. The summed E-state index contributed by atoms with van der Waals surface area (Å²) in [6.07, 6.45) is -2.77. The van der Waals surface area contributed by atoms with E-state index < -0.39 is 29.3 Å². The lowest BCUT2D eigenvalue weighted by molar-refractivity contribution is 0.0221. The van der Waals surface area contributed by atoms with Crippen molar-refractivity contribution in [2.24, 2.45) is 0 Å². The van der Waals surface area contributed by atoms with E-state index in [1.54, 1.807) is 0 Å². The Morgan fingerprint density at radius 2 is 1.93 bits per heavy atom. The van der Waals surface area contributed by atoms with Crippen molar-refractivity contribution in [1.29, 1.82) is 0 Å². The fourth-order valence-electron chi connectivity index (χ4n) is 1.07. The monoisotopic (exact) mass is 220 g/mol. The molecule has 0 aliphatic heterocycles. The first-order valence-corrected chi connectivity index (χ1v) is 4.13. The minimum Gasteiger partial charge on any atom is -0.287 e. The molecule has 0 unspecified atom stereocenters. The molecule has 0 saturated heterocycles. The molecule has 0 N–H and O–H groups in total. The van der Waals surface area contributed by atoms with Crippen molar-refractivity contribution in [2.75, 3.05) is 0 Å². The van der Waals surface area contributed by atoms with Gasteiger partial charge in [-0.3, -0.25) is 4.79 Å². The van der Waals surface area contributed by atoms with Crippen LogP contribution in [0.4, 0.5) is 17.6 Å². The second-order valence-electron chi connectivity index (χ2n) is 3.14. The maximum Gasteiger partial charge on any atom is 0.307 e. The largest absolute Gasteiger partial charge is 0.307 e. The molecule has 0 aliphatic carbocycles. The van der Waals surface area contributed by atoms with Crippen LogP contribution >= 0.6 is 0 Å². The number of hydrogen-bond donors (Lipinski definition) is 0. The van der Waals surface area contributed by atoms with Crippen LogP contribution < -0.4 is 0 Å². The van der Waals surface area contributed by atoms with Gasteiger partial charge in [-0.15, -0.1) is 0 Å². The molecule has 0 aliphatic rings. The highest BCUT2D eigenvalue weighted by Crippen LogP contribution is 2.23. The molecule has 0 radical (unpaired) electrons. The van der Waals surface area contributed by atoms with Crippen LogP contribution in [0.5, 0.6) is 0 Å². The second kappa shape index (κ2) is 4.00. The zero-order chi connectivity index (χ0) is 11.6. The van der Waals surface area contributed by atoms with Gasteiger partial charge in [-0.2, -0.15) is 8.78 Å². The second-order valence-corrected chi connectivity index (χ2v) is 3.14. The minimum atomic E-state index is -3.54. The van der Waals surface area contributed by atoms with Crippen molar-refractivity contribution in [3.05, 3.63) is 35.4 Å². The molecule has 1 aromatic carbocycles. The molecule has 0 fully saturated rings. The average molecular weight is 220 g/mol. The highest BCUT2D eigenvalue weighted by Gasteiger charge is 2.33. The van der Waals surface area contributed by atoms with Crippen molar-refractivity contribution in [3.8, 4) is 0 Å². The lowest BCUT2D eigenvalue weighted by atomic mass is 10.0.